The van der Waals surface area contributed by atoms with Crippen molar-refractivity contribution in [3.05, 3.63) is 59.7 Å². The van der Waals surface area contributed by atoms with E-state index in [0.29, 0.717) is 31.7 Å². The minimum Gasteiger partial charge on any atom is -0.489 e. The first kappa shape index (κ1) is 27.1. The first-order valence-corrected chi connectivity index (χ1v) is 13.2. The highest BCUT2D eigenvalue weighted by molar-refractivity contribution is 5.94. The van der Waals surface area contributed by atoms with Gasteiger partial charge in [-0.1, -0.05) is 65.8 Å². The molecule has 192 valence electrons. The Morgan fingerprint density at radius 1 is 1.03 bits per heavy atom. The van der Waals surface area contributed by atoms with Gasteiger partial charge < -0.3 is 20.3 Å². The lowest BCUT2D eigenvalue weighted by atomic mass is 9.87. The molecule has 1 saturated heterocycles. The molecule has 1 aliphatic heterocycles. The smallest absolute Gasteiger partial charge is 0.198 e. The van der Waals surface area contributed by atoms with Gasteiger partial charge in [-0.3, -0.25) is 5.41 Å². The number of anilines is 1. The fourth-order valence-corrected chi connectivity index (χ4v) is 4.63. The quantitative estimate of drug-likeness (QED) is 0.333. The fourth-order valence-electron chi connectivity index (χ4n) is 4.63. The van der Waals surface area contributed by atoms with Crippen LogP contribution in [0.1, 0.15) is 78.4 Å². The van der Waals surface area contributed by atoms with Crippen molar-refractivity contribution in [1.82, 2.24) is 4.90 Å². The molecule has 0 aliphatic carbocycles. The van der Waals surface area contributed by atoms with Gasteiger partial charge >= 0.3 is 0 Å². The van der Waals surface area contributed by atoms with E-state index in [2.05, 4.69) is 87.7 Å². The van der Waals surface area contributed by atoms with Crippen molar-refractivity contribution in [3.63, 3.8) is 0 Å². The number of guanidine groups is 1. The maximum absolute atomic E-state index is 9.15. The number of piperidine rings is 1. The summed E-state index contributed by atoms with van der Waals surface area (Å²) in [6, 6.07) is 17.3. The summed E-state index contributed by atoms with van der Waals surface area (Å²) >= 11 is 0. The summed E-state index contributed by atoms with van der Waals surface area (Å²) in [5.41, 5.74) is 9.64. The minimum absolute atomic E-state index is 0.0990. The third-order valence-electron chi connectivity index (χ3n) is 7.14. The van der Waals surface area contributed by atoms with Gasteiger partial charge in [0.1, 0.15) is 12.4 Å². The summed E-state index contributed by atoms with van der Waals surface area (Å²) in [6.07, 6.45) is 4.63. The van der Waals surface area contributed by atoms with Gasteiger partial charge in [0.2, 0.25) is 0 Å². The van der Waals surface area contributed by atoms with Crippen molar-refractivity contribution in [2.45, 2.75) is 85.3 Å². The number of nitrogens with zero attached hydrogens (tertiary/aromatic N) is 2. The Morgan fingerprint density at radius 3 is 2.26 bits per heavy atom. The predicted octanol–water partition coefficient (Wildman–Crippen LogP) is 6.55. The van der Waals surface area contributed by atoms with Crippen molar-refractivity contribution in [1.29, 1.82) is 5.41 Å². The highest BCUT2D eigenvalue weighted by atomic mass is 16.5. The molecule has 0 amide bonds. The monoisotopic (exact) mass is 478 g/mol. The Kier molecular flexibility index (Phi) is 8.87. The molecule has 2 aromatic carbocycles. The standard InChI is InChI=1S/C30H46N4O/c1-7-25-10-8-9-19-33(25)28(32)34(22-30(5,6)21-31)26-15-17-27(18-16-26)35-20-23-11-13-24(14-12-23)29(2,3)4/h11-18,25,32H,7-10,19-22,31H2,1-6H3. The maximum atomic E-state index is 9.15. The van der Waals surface area contributed by atoms with Crippen molar-refractivity contribution < 1.29 is 4.74 Å². The van der Waals surface area contributed by atoms with Crippen LogP contribution in [-0.2, 0) is 12.0 Å². The number of rotatable bonds is 8. The van der Waals surface area contributed by atoms with Crippen LogP contribution in [0.15, 0.2) is 48.5 Å². The van der Waals surface area contributed by atoms with E-state index in [0.717, 1.165) is 42.8 Å². The van der Waals surface area contributed by atoms with Crippen LogP contribution >= 0.6 is 0 Å². The Labute approximate surface area is 213 Å². The van der Waals surface area contributed by atoms with E-state index in [1.807, 2.05) is 12.1 Å². The summed E-state index contributed by atoms with van der Waals surface area (Å²) in [4.78, 5) is 4.43. The van der Waals surface area contributed by atoms with E-state index >= 15 is 0 Å². The van der Waals surface area contributed by atoms with Crippen molar-refractivity contribution in [3.8, 4) is 5.75 Å². The first-order valence-electron chi connectivity index (χ1n) is 13.2. The zero-order valence-electron chi connectivity index (χ0n) is 22.7. The van der Waals surface area contributed by atoms with Gasteiger partial charge in [0.25, 0.3) is 0 Å². The number of nitrogens with one attached hydrogen (secondary N) is 1. The van der Waals surface area contributed by atoms with Crippen LogP contribution in [0.25, 0.3) is 0 Å². The van der Waals surface area contributed by atoms with Gasteiger partial charge in [-0.25, -0.2) is 0 Å². The predicted molar refractivity (Wildman–Crippen MR) is 148 cm³/mol. The van der Waals surface area contributed by atoms with Gasteiger partial charge in [-0.05, 0) is 78.5 Å². The van der Waals surface area contributed by atoms with Gasteiger partial charge in [0.15, 0.2) is 5.96 Å². The number of benzene rings is 2. The van der Waals surface area contributed by atoms with Crippen LogP contribution in [0.3, 0.4) is 0 Å². The molecule has 1 unspecified atom stereocenters. The number of nitrogens with two attached hydrogens (primary N) is 1. The molecule has 3 rings (SSSR count). The molecule has 0 saturated carbocycles. The van der Waals surface area contributed by atoms with Gasteiger partial charge in [-0.2, -0.15) is 0 Å². The second-order valence-electron chi connectivity index (χ2n) is 11.8. The Morgan fingerprint density at radius 2 is 1.69 bits per heavy atom. The van der Waals surface area contributed by atoms with Crippen molar-refractivity contribution in [2.75, 3.05) is 24.5 Å². The van der Waals surface area contributed by atoms with Crippen LogP contribution < -0.4 is 15.4 Å². The molecule has 1 fully saturated rings. The molecule has 0 aromatic heterocycles. The Hall–Kier alpha value is -2.53. The van der Waals surface area contributed by atoms with Gasteiger partial charge in [-0.15, -0.1) is 0 Å². The summed E-state index contributed by atoms with van der Waals surface area (Å²) in [5.74, 6) is 1.42. The largest absolute Gasteiger partial charge is 0.489 e. The summed E-state index contributed by atoms with van der Waals surface area (Å²) in [7, 11) is 0. The number of ether oxygens (including phenoxy) is 1. The summed E-state index contributed by atoms with van der Waals surface area (Å²) < 4.78 is 6.08. The number of likely N-dealkylation sites (tertiary alicyclic amines) is 1. The fraction of sp³-hybridized carbons (Fsp3) is 0.567. The lowest BCUT2D eigenvalue weighted by Crippen LogP contribution is -2.53. The lowest BCUT2D eigenvalue weighted by molar-refractivity contribution is 0.228. The number of hydrogen-bond acceptors (Lipinski definition) is 3. The van der Waals surface area contributed by atoms with E-state index in [4.69, 9.17) is 15.9 Å². The van der Waals surface area contributed by atoms with Crippen LogP contribution in [0.2, 0.25) is 0 Å². The molecule has 0 radical (unpaired) electrons. The second-order valence-corrected chi connectivity index (χ2v) is 11.8. The van der Waals surface area contributed by atoms with Crippen molar-refractivity contribution in [2.24, 2.45) is 11.1 Å². The highest BCUT2D eigenvalue weighted by Gasteiger charge is 2.30. The van der Waals surface area contributed by atoms with Crippen LogP contribution in [-0.4, -0.2) is 36.5 Å². The SMILES string of the molecule is CCC1CCCCN1C(=N)N(CC(C)(C)CN)c1ccc(OCc2ccc(C(C)(C)C)cc2)cc1. The average molecular weight is 479 g/mol. The molecule has 1 aliphatic rings. The third-order valence-corrected chi connectivity index (χ3v) is 7.14. The molecule has 2 aromatic rings. The normalized spacial score (nSPS) is 16.8. The molecule has 5 heteroatoms. The molecule has 1 heterocycles. The third kappa shape index (κ3) is 7.23. The maximum Gasteiger partial charge on any atom is 0.198 e. The summed E-state index contributed by atoms with van der Waals surface area (Å²) in [6.45, 7) is 16.0. The van der Waals surface area contributed by atoms with Crippen molar-refractivity contribution >= 4 is 11.6 Å². The first-order chi connectivity index (χ1) is 16.5. The lowest BCUT2D eigenvalue weighted by Gasteiger charge is -2.43. The molecule has 3 N–H and O–H groups in total. The van der Waals surface area contributed by atoms with E-state index in [-0.39, 0.29) is 10.8 Å². The molecule has 1 atom stereocenters. The van der Waals surface area contributed by atoms with E-state index in [9.17, 15) is 0 Å². The zero-order valence-corrected chi connectivity index (χ0v) is 22.7. The second kappa shape index (κ2) is 11.5. The molecular weight excluding hydrogens is 432 g/mol. The highest BCUT2D eigenvalue weighted by Crippen LogP contribution is 2.28. The zero-order chi connectivity index (χ0) is 25.6. The molecule has 0 spiro atoms. The Bertz CT molecular complexity index is 944. The van der Waals surface area contributed by atoms with E-state index in [1.165, 1.54) is 12.0 Å². The van der Waals surface area contributed by atoms with E-state index in [1.54, 1.807) is 0 Å². The molecule has 0 bridgehead atoms. The van der Waals surface area contributed by atoms with Crippen LogP contribution in [0, 0.1) is 10.8 Å². The van der Waals surface area contributed by atoms with Crippen LogP contribution in [0.4, 0.5) is 5.69 Å². The number of hydrogen-bond donors (Lipinski definition) is 2. The van der Waals surface area contributed by atoms with Crippen LogP contribution in [0.5, 0.6) is 5.75 Å². The average Bonchev–Trinajstić information content (AvgIpc) is 2.85. The molecule has 5 nitrogen and oxygen atoms in total. The van der Waals surface area contributed by atoms with Gasteiger partial charge in [0.05, 0.1) is 0 Å². The molecular formula is C30H46N4O. The van der Waals surface area contributed by atoms with E-state index < -0.39 is 0 Å². The molecule has 35 heavy (non-hydrogen) atoms. The topological polar surface area (TPSA) is 65.6 Å². The summed E-state index contributed by atoms with van der Waals surface area (Å²) in [5, 5.41) is 9.15. The van der Waals surface area contributed by atoms with Gasteiger partial charge in [0, 0.05) is 24.8 Å². The Balaban J connectivity index is 1.73. The minimum atomic E-state index is -0.0990.